The van der Waals surface area contributed by atoms with Crippen molar-refractivity contribution in [3.05, 3.63) is 5.69 Å². The summed E-state index contributed by atoms with van der Waals surface area (Å²) in [6, 6.07) is 0.428. The molecule has 0 aromatic carbocycles. The van der Waals surface area contributed by atoms with Gasteiger partial charge in [0.2, 0.25) is 0 Å². The fourth-order valence-corrected chi connectivity index (χ4v) is 2.50. The van der Waals surface area contributed by atoms with Gasteiger partial charge >= 0.3 is 0 Å². The van der Waals surface area contributed by atoms with Crippen LogP contribution in [-0.4, -0.2) is 27.3 Å². The summed E-state index contributed by atoms with van der Waals surface area (Å²) in [4.78, 5) is 0. The summed E-state index contributed by atoms with van der Waals surface area (Å²) in [5, 5.41) is 7.87. The standard InChI is InChI=1S/C12H24N4S/c1-5-16-12(11(13)10(4)15-16)14-9(3)7-8-17-6-2/h9,14H,5-8,13H2,1-4H3. The SMILES string of the molecule is CCSCCC(C)Nc1c(N)c(C)nn1CC. The highest BCUT2D eigenvalue weighted by molar-refractivity contribution is 7.99. The van der Waals surface area contributed by atoms with Crippen LogP contribution in [0, 0.1) is 6.92 Å². The molecule has 3 N–H and O–H groups in total. The van der Waals surface area contributed by atoms with Crippen LogP contribution < -0.4 is 11.1 Å². The predicted octanol–water partition coefficient (Wildman–Crippen LogP) is 2.74. The minimum Gasteiger partial charge on any atom is -0.394 e. The monoisotopic (exact) mass is 256 g/mol. The second-order valence-corrected chi connectivity index (χ2v) is 5.59. The first-order valence-corrected chi connectivity index (χ1v) is 7.42. The predicted molar refractivity (Wildman–Crippen MR) is 77.8 cm³/mol. The van der Waals surface area contributed by atoms with Gasteiger partial charge in [0, 0.05) is 12.6 Å². The molecule has 1 aromatic heterocycles. The Bertz CT molecular complexity index is 349. The lowest BCUT2D eigenvalue weighted by molar-refractivity contribution is 0.645. The summed E-state index contributed by atoms with van der Waals surface area (Å²) < 4.78 is 1.94. The molecule has 0 aliphatic heterocycles. The van der Waals surface area contributed by atoms with Gasteiger partial charge in [0.05, 0.1) is 11.4 Å². The van der Waals surface area contributed by atoms with E-state index < -0.39 is 0 Å². The van der Waals surface area contributed by atoms with E-state index in [4.69, 9.17) is 5.73 Å². The maximum absolute atomic E-state index is 6.03. The van der Waals surface area contributed by atoms with Gasteiger partial charge in [-0.15, -0.1) is 0 Å². The summed E-state index contributed by atoms with van der Waals surface area (Å²) in [5.74, 6) is 3.34. The zero-order valence-electron chi connectivity index (χ0n) is 11.3. The number of rotatable bonds is 7. The van der Waals surface area contributed by atoms with Crippen LogP contribution in [0.2, 0.25) is 0 Å². The molecule has 0 amide bonds. The Kier molecular flexibility index (Phi) is 5.68. The molecule has 1 heterocycles. The molecule has 0 radical (unpaired) electrons. The number of nitrogens with two attached hydrogens (primary N) is 1. The number of aromatic nitrogens is 2. The fraction of sp³-hybridized carbons (Fsp3) is 0.750. The molecule has 0 saturated heterocycles. The number of nitrogen functional groups attached to an aromatic ring is 1. The number of hydrogen-bond donors (Lipinski definition) is 2. The van der Waals surface area contributed by atoms with Crippen LogP contribution in [0.3, 0.4) is 0 Å². The van der Waals surface area contributed by atoms with E-state index in [-0.39, 0.29) is 0 Å². The highest BCUT2D eigenvalue weighted by Gasteiger charge is 2.13. The molecule has 1 rings (SSSR count). The van der Waals surface area contributed by atoms with Crippen molar-refractivity contribution < 1.29 is 0 Å². The van der Waals surface area contributed by atoms with Crippen molar-refractivity contribution in [3.8, 4) is 0 Å². The van der Waals surface area contributed by atoms with Crippen LogP contribution in [0.1, 0.15) is 32.9 Å². The zero-order valence-corrected chi connectivity index (χ0v) is 12.1. The molecule has 4 nitrogen and oxygen atoms in total. The summed E-state index contributed by atoms with van der Waals surface area (Å²) in [7, 11) is 0. The Balaban J connectivity index is 2.60. The van der Waals surface area contributed by atoms with Crippen molar-refractivity contribution >= 4 is 23.3 Å². The van der Waals surface area contributed by atoms with Crippen LogP contribution in [0.15, 0.2) is 0 Å². The van der Waals surface area contributed by atoms with E-state index >= 15 is 0 Å². The number of nitrogens with one attached hydrogen (secondary N) is 1. The molecule has 0 spiro atoms. The minimum absolute atomic E-state index is 0.428. The average Bonchev–Trinajstić information content (AvgIpc) is 2.57. The van der Waals surface area contributed by atoms with E-state index in [0.29, 0.717) is 6.04 Å². The second-order valence-electron chi connectivity index (χ2n) is 4.19. The van der Waals surface area contributed by atoms with E-state index in [9.17, 15) is 0 Å². The van der Waals surface area contributed by atoms with Gasteiger partial charge in [0.1, 0.15) is 5.82 Å². The Morgan fingerprint density at radius 2 is 2.18 bits per heavy atom. The van der Waals surface area contributed by atoms with E-state index in [1.54, 1.807) is 0 Å². The lowest BCUT2D eigenvalue weighted by Gasteiger charge is -2.16. The molecule has 0 fully saturated rings. The van der Waals surface area contributed by atoms with Gasteiger partial charge in [-0.1, -0.05) is 6.92 Å². The van der Waals surface area contributed by atoms with Gasteiger partial charge in [0.15, 0.2) is 0 Å². The maximum Gasteiger partial charge on any atom is 0.148 e. The van der Waals surface area contributed by atoms with E-state index in [0.717, 1.165) is 30.2 Å². The summed E-state index contributed by atoms with van der Waals surface area (Å²) >= 11 is 1.97. The van der Waals surface area contributed by atoms with Crippen LogP contribution in [0.25, 0.3) is 0 Å². The second kappa shape index (κ2) is 6.79. The number of aryl methyl sites for hydroxylation is 2. The van der Waals surface area contributed by atoms with Gasteiger partial charge in [0.25, 0.3) is 0 Å². The summed E-state index contributed by atoms with van der Waals surface area (Å²) in [5.41, 5.74) is 7.72. The number of nitrogens with zero attached hydrogens (tertiary/aromatic N) is 2. The Morgan fingerprint density at radius 3 is 2.76 bits per heavy atom. The van der Waals surface area contributed by atoms with Crippen molar-refractivity contribution in [3.63, 3.8) is 0 Å². The van der Waals surface area contributed by atoms with Crippen LogP contribution in [-0.2, 0) is 6.54 Å². The van der Waals surface area contributed by atoms with Crippen molar-refractivity contribution in [1.82, 2.24) is 9.78 Å². The highest BCUT2D eigenvalue weighted by Crippen LogP contribution is 2.23. The van der Waals surface area contributed by atoms with Gasteiger partial charge < -0.3 is 11.1 Å². The van der Waals surface area contributed by atoms with Crippen LogP contribution in [0.5, 0.6) is 0 Å². The third kappa shape index (κ3) is 3.84. The van der Waals surface area contributed by atoms with Crippen LogP contribution >= 0.6 is 11.8 Å². The lowest BCUT2D eigenvalue weighted by Crippen LogP contribution is -2.19. The fourth-order valence-electron chi connectivity index (χ4n) is 1.69. The first kappa shape index (κ1) is 14.2. The van der Waals surface area contributed by atoms with E-state index in [1.807, 2.05) is 23.4 Å². The van der Waals surface area contributed by atoms with E-state index in [1.165, 1.54) is 11.5 Å². The molecular weight excluding hydrogens is 232 g/mol. The first-order chi connectivity index (χ1) is 8.10. The zero-order chi connectivity index (χ0) is 12.8. The molecule has 1 unspecified atom stereocenters. The number of thioether (sulfide) groups is 1. The smallest absolute Gasteiger partial charge is 0.148 e. The molecule has 98 valence electrons. The Morgan fingerprint density at radius 1 is 1.47 bits per heavy atom. The number of anilines is 2. The topological polar surface area (TPSA) is 55.9 Å². The van der Waals surface area contributed by atoms with Crippen molar-refractivity contribution in [2.24, 2.45) is 0 Å². The van der Waals surface area contributed by atoms with Crippen molar-refractivity contribution in [2.45, 2.75) is 46.7 Å². The van der Waals surface area contributed by atoms with Gasteiger partial charge in [-0.05, 0) is 38.7 Å². The minimum atomic E-state index is 0.428. The molecule has 1 atom stereocenters. The largest absolute Gasteiger partial charge is 0.394 e. The van der Waals surface area contributed by atoms with E-state index in [2.05, 4.69) is 31.2 Å². The molecule has 0 bridgehead atoms. The molecule has 0 saturated carbocycles. The van der Waals surface area contributed by atoms with Gasteiger partial charge in [-0.3, -0.25) is 0 Å². The Labute approximate surface area is 108 Å². The summed E-state index contributed by atoms with van der Waals surface area (Å²) in [6.07, 6.45) is 1.14. The molecule has 0 aliphatic rings. The van der Waals surface area contributed by atoms with Crippen LogP contribution in [0.4, 0.5) is 11.5 Å². The van der Waals surface area contributed by atoms with Gasteiger partial charge in [-0.2, -0.15) is 16.9 Å². The molecule has 5 heteroatoms. The first-order valence-electron chi connectivity index (χ1n) is 6.27. The molecule has 0 aliphatic carbocycles. The molecule has 1 aromatic rings. The van der Waals surface area contributed by atoms with Crippen molar-refractivity contribution in [2.75, 3.05) is 22.6 Å². The third-order valence-electron chi connectivity index (χ3n) is 2.76. The third-order valence-corrected chi connectivity index (χ3v) is 3.69. The molecule has 17 heavy (non-hydrogen) atoms. The quantitative estimate of drug-likeness (QED) is 0.737. The normalized spacial score (nSPS) is 12.7. The Hall–Kier alpha value is -0.840. The lowest BCUT2D eigenvalue weighted by atomic mass is 10.2. The maximum atomic E-state index is 6.03. The van der Waals surface area contributed by atoms with Crippen molar-refractivity contribution in [1.29, 1.82) is 0 Å². The average molecular weight is 256 g/mol. The number of hydrogen-bond acceptors (Lipinski definition) is 4. The van der Waals surface area contributed by atoms with Gasteiger partial charge in [-0.25, -0.2) is 4.68 Å². The molecular formula is C12H24N4S. The summed E-state index contributed by atoms with van der Waals surface area (Å²) in [6.45, 7) is 9.25. The highest BCUT2D eigenvalue weighted by atomic mass is 32.2.